The third-order valence-corrected chi connectivity index (χ3v) is 3.96. The Hall–Kier alpha value is -1.68. The first-order valence-electron chi connectivity index (χ1n) is 11.5. The van der Waals surface area contributed by atoms with E-state index in [0.717, 1.165) is 35.8 Å². The lowest BCUT2D eigenvalue weighted by molar-refractivity contribution is -0.108. The van der Waals surface area contributed by atoms with Crippen molar-refractivity contribution in [2.24, 2.45) is 5.41 Å². The largest absolute Gasteiger partial charge is 0.391 e. The molecule has 0 aliphatic heterocycles. The standard InChI is InChI=1S/C20H34N2O2.3C2H6/c1-8-10-17(18(15-24)13-20(3,4)5)14-22(7)19(11-9-12-23)16(2)21-6;3*1-2/h8,12,15,19,21H,1-2,9-11,13-14H2,3-7H3;3*1-2H3/b18-17-;;;. The van der Waals surface area contributed by atoms with E-state index in [1.165, 1.54) is 0 Å². The molecule has 0 saturated heterocycles. The lowest BCUT2D eigenvalue weighted by Gasteiger charge is -2.31. The van der Waals surface area contributed by atoms with Crippen LogP contribution in [0.3, 0.4) is 0 Å². The Kier molecular flexibility index (Phi) is 28.1. The SMILES string of the molecule is C=CC/C(CN(C)C(CCC=O)C(=C)NC)=C(/C=O)CC(C)(C)C.CC.CC.CC. The van der Waals surface area contributed by atoms with E-state index in [9.17, 15) is 9.59 Å². The van der Waals surface area contributed by atoms with Crippen molar-refractivity contribution in [3.05, 3.63) is 36.1 Å². The maximum Gasteiger partial charge on any atom is 0.146 e. The minimum atomic E-state index is 0.0440. The van der Waals surface area contributed by atoms with Crippen molar-refractivity contribution in [1.82, 2.24) is 10.2 Å². The predicted octanol–water partition coefficient (Wildman–Crippen LogP) is 6.59. The fourth-order valence-corrected chi connectivity index (χ4v) is 2.76. The van der Waals surface area contributed by atoms with Gasteiger partial charge in [0.05, 0.1) is 0 Å². The molecule has 0 saturated carbocycles. The fraction of sp³-hybridized carbons (Fsp3) is 0.692. The summed E-state index contributed by atoms with van der Waals surface area (Å²) in [5.74, 6) is 0. The average molecular weight is 425 g/mol. The summed E-state index contributed by atoms with van der Waals surface area (Å²) in [6.07, 6.45) is 6.35. The Morgan fingerprint density at radius 3 is 1.90 bits per heavy atom. The predicted molar refractivity (Wildman–Crippen MR) is 136 cm³/mol. The second-order valence-electron chi connectivity index (χ2n) is 7.43. The van der Waals surface area contributed by atoms with Crippen LogP contribution in [0, 0.1) is 5.41 Å². The second-order valence-corrected chi connectivity index (χ2v) is 7.43. The number of carbonyl (C=O) groups excluding carboxylic acids is 2. The number of allylic oxidation sites excluding steroid dienone is 2. The van der Waals surface area contributed by atoms with Crippen LogP contribution in [0.4, 0.5) is 0 Å². The molecule has 0 rings (SSSR count). The molecular formula is C26H52N2O2. The zero-order chi connectivity index (χ0) is 24.8. The maximum absolute atomic E-state index is 11.6. The summed E-state index contributed by atoms with van der Waals surface area (Å²) in [5.41, 5.74) is 2.85. The Bertz CT molecular complexity index is 474. The Morgan fingerprint density at radius 2 is 1.57 bits per heavy atom. The fourth-order valence-electron chi connectivity index (χ4n) is 2.76. The number of nitrogens with zero attached hydrogens (tertiary/aromatic N) is 1. The van der Waals surface area contributed by atoms with Crippen LogP contribution in [0.2, 0.25) is 0 Å². The molecule has 1 atom stereocenters. The van der Waals surface area contributed by atoms with Gasteiger partial charge < -0.3 is 10.1 Å². The first-order valence-corrected chi connectivity index (χ1v) is 11.5. The minimum absolute atomic E-state index is 0.0440. The van der Waals surface area contributed by atoms with Crippen molar-refractivity contribution in [2.75, 3.05) is 20.6 Å². The summed E-state index contributed by atoms with van der Waals surface area (Å²) < 4.78 is 0. The van der Waals surface area contributed by atoms with E-state index in [0.29, 0.717) is 25.8 Å². The van der Waals surface area contributed by atoms with Gasteiger partial charge in [-0.15, -0.1) is 6.58 Å². The zero-order valence-electron chi connectivity index (χ0n) is 22.0. The molecule has 0 amide bonds. The van der Waals surface area contributed by atoms with Crippen molar-refractivity contribution < 1.29 is 9.59 Å². The van der Waals surface area contributed by atoms with E-state index in [4.69, 9.17) is 0 Å². The average Bonchev–Trinajstić information content (AvgIpc) is 2.75. The van der Waals surface area contributed by atoms with Crippen molar-refractivity contribution in [2.45, 2.75) is 94.0 Å². The molecule has 4 nitrogen and oxygen atoms in total. The van der Waals surface area contributed by atoms with E-state index in [1.54, 1.807) is 0 Å². The van der Waals surface area contributed by atoms with Crippen molar-refractivity contribution >= 4 is 12.6 Å². The molecule has 0 bridgehead atoms. The van der Waals surface area contributed by atoms with Gasteiger partial charge in [0, 0.05) is 31.8 Å². The van der Waals surface area contributed by atoms with Crippen LogP contribution in [0.1, 0.15) is 88.0 Å². The molecule has 4 heteroatoms. The molecule has 0 aliphatic carbocycles. The van der Waals surface area contributed by atoms with Crippen molar-refractivity contribution in [3.63, 3.8) is 0 Å². The van der Waals surface area contributed by atoms with E-state index in [1.807, 2.05) is 61.7 Å². The first-order chi connectivity index (χ1) is 14.2. The van der Waals surface area contributed by atoms with Gasteiger partial charge in [-0.2, -0.15) is 0 Å². The quantitative estimate of drug-likeness (QED) is 0.218. The highest BCUT2D eigenvalue weighted by atomic mass is 16.1. The highest BCUT2D eigenvalue weighted by molar-refractivity contribution is 5.75. The molecule has 0 aromatic heterocycles. The van der Waals surface area contributed by atoms with Gasteiger partial charge in [0.1, 0.15) is 12.6 Å². The molecule has 1 N–H and O–H groups in total. The maximum atomic E-state index is 11.6. The van der Waals surface area contributed by atoms with E-state index in [-0.39, 0.29) is 11.5 Å². The smallest absolute Gasteiger partial charge is 0.146 e. The molecule has 0 heterocycles. The van der Waals surface area contributed by atoms with E-state index >= 15 is 0 Å². The third-order valence-electron chi connectivity index (χ3n) is 3.96. The molecule has 30 heavy (non-hydrogen) atoms. The van der Waals surface area contributed by atoms with Gasteiger partial charge in [-0.05, 0) is 42.9 Å². The van der Waals surface area contributed by atoms with Gasteiger partial charge in [-0.1, -0.05) is 75.0 Å². The molecule has 0 fully saturated rings. The van der Waals surface area contributed by atoms with Gasteiger partial charge in [0.25, 0.3) is 0 Å². The summed E-state index contributed by atoms with van der Waals surface area (Å²) in [5, 5.41) is 3.08. The third kappa shape index (κ3) is 18.4. The summed E-state index contributed by atoms with van der Waals surface area (Å²) in [7, 11) is 3.83. The number of hydrogen-bond donors (Lipinski definition) is 1. The molecule has 178 valence electrons. The first kappa shape index (κ1) is 35.7. The van der Waals surface area contributed by atoms with Crippen LogP contribution in [0.15, 0.2) is 36.1 Å². The summed E-state index contributed by atoms with van der Waals surface area (Å²) in [6.45, 7) is 26.9. The van der Waals surface area contributed by atoms with Crippen LogP contribution >= 0.6 is 0 Å². The molecule has 0 aromatic rings. The van der Waals surface area contributed by atoms with Gasteiger partial charge in [-0.3, -0.25) is 9.69 Å². The summed E-state index contributed by atoms with van der Waals surface area (Å²) in [6, 6.07) is 0.0440. The van der Waals surface area contributed by atoms with Crippen molar-refractivity contribution in [1.29, 1.82) is 0 Å². The molecular weight excluding hydrogens is 372 g/mol. The Labute approximate surface area is 188 Å². The van der Waals surface area contributed by atoms with Crippen LogP contribution in [-0.2, 0) is 9.59 Å². The molecule has 1 unspecified atom stereocenters. The monoisotopic (exact) mass is 424 g/mol. The highest BCUT2D eigenvalue weighted by Gasteiger charge is 2.21. The summed E-state index contributed by atoms with van der Waals surface area (Å²) in [4.78, 5) is 24.5. The van der Waals surface area contributed by atoms with E-state index < -0.39 is 0 Å². The van der Waals surface area contributed by atoms with Gasteiger partial charge in [0.2, 0.25) is 0 Å². The van der Waals surface area contributed by atoms with Crippen LogP contribution in [0.25, 0.3) is 0 Å². The number of aldehydes is 2. The number of likely N-dealkylation sites (N-methyl/N-ethyl adjacent to an activating group) is 2. The number of carbonyl (C=O) groups is 2. The topological polar surface area (TPSA) is 49.4 Å². The summed E-state index contributed by atoms with van der Waals surface area (Å²) >= 11 is 0. The Morgan fingerprint density at radius 1 is 1.07 bits per heavy atom. The van der Waals surface area contributed by atoms with Crippen LogP contribution in [0.5, 0.6) is 0 Å². The van der Waals surface area contributed by atoms with E-state index in [2.05, 4.69) is 44.1 Å². The Balaban J connectivity index is -0.000000512. The lowest BCUT2D eigenvalue weighted by Crippen LogP contribution is -2.38. The van der Waals surface area contributed by atoms with Gasteiger partial charge in [-0.25, -0.2) is 0 Å². The number of nitrogens with one attached hydrogen (secondary N) is 1. The zero-order valence-corrected chi connectivity index (χ0v) is 22.0. The molecule has 0 radical (unpaired) electrons. The normalized spacial score (nSPS) is 11.7. The molecule has 0 spiro atoms. The number of rotatable bonds is 12. The van der Waals surface area contributed by atoms with Gasteiger partial charge >= 0.3 is 0 Å². The minimum Gasteiger partial charge on any atom is -0.391 e. The highest BCUT2D eigenvalue weighted by Crippen LogP contribution is 2.27. The second kappa shape index (κ2) is 23.6. The lowest BCUT2D eigenvalue weighted by atomic mass is 9.85. The van der Waals surface area contributed by atoms with Crippen LogP contribution < -0.4 is 5.32 Å². The van der Waals surface area contributed by atoms with Gasteiger partial charge in [0.15, 0.2) is 0 Å². The van der Waals surface area contributed by atoms with Crippen LogP contribution in [-0.4, -0.2) is 44.2 Å². The molecule has 0 aromatic carbocycles. The molecule has 0 aliphatic rings. The van der Waals surface area contributed by atoms with Crippen molar-refractivity contribution in [3.8, 4) is 0 Å². The number of hydrogen-bond acceptors (Lipinski definition) is 4.